The Morgan fingerprint density at radius 1 is 1.22 bits per heavy atom. The molecule has 1 heterocycles. The number of methoxy groups -OCH3 is 1. The van der Waals surface area contributed by atoms with Crippen molar-refractivity contribution in [2.45, 2.75) is 58.7 Å². The van der Waals surface area contributed by atoms with Gasteiger partial charge in [-0.1, -0.05) is 13.8 Å². The van der Waals surface area contributed by atoms with E-state index in [2.05, 4.69) is 23.9 Å². The average Bonchev–Trinajstić information content (AvgIpc) is 2.64. The standard InChI is InChI=1S/C13H24N2O3/c1-8(2)11(14-13(17)18-5)12(16)15-9(3)6-7-10(15)4/h8-11H,6-7H2,1-5H3,(H,14,17)/t9-,10+,11?. The molecule has 2 amide bonds. The Morgan fingerprint density at radius 2 is 1.72 bits per heavy atom. The number of rotatable bonds is 3. The van der Waals surface area contributed by atoms with Crippen molar-refractivity contribution in [3.05, 3.63) is 0 Å². The Kier molecular flexibility index (Phi) is 4.99. The van der Waals surface area contributed by atoms with Crippen LogP contribution in [-0.4, -0.2) is 42.1 Å². The third-order valence-corrected chi connectivity index (χ3v) is 3.60. The minimum Gasteiger partial charge on any atom is -0.453 e. The van der Waals surface area contributed by atoms with Gasteiger partial charge in [0.1, 0.15) is 6.04 Å². The van der Waals surface area contributed by atoms with E-state index in [4.69, 9.17) is 0 Å². The van der Waals surface area contributed by atoms with Gasteiger partial charge in [0.2, 0.25) is 5.91 Å². The number of ether oxygens (including phenoxy) is 1. The molecule has 0 aliphatic carbocycles. The number of carbonyl (C=O) groups is 2. The predicted molar refractivity (Wildman–Crippen MR) is 69.2 cm³/mol. The second kappa shape index (κ2) is 6.07. The minimum absolute atomic E-state index is 0.00657. The highest BCUT2D eigenvalue weighted by Crippen LogP contribution is 2.25. The van der Waals surface area contributed by atoms with Gasteiger partial charge in [0.05, 0.1) is 7.11 Å². The maximum Gasteiger partial charge on any atom is 0.407 e. The van der Waals surface area contributed by atoms with Crippen LogP contribution < -0.4 is 5.32 Å². The number of amides is 2. The highest BCUT2D eigenvalue weighted by atomic mass is 16.5. The number of likely N-dealkylation sites (tertiary alicyclic amines) is 1. The molecule has 0 saturated carbocycles. The number of nitrogens with zero attached hydrogens (tertiary/aromatic N) is 1. The third-order valence-electron chi connectivity index (χ3n) is 3.60. The molecular formula is C13H24N2O3. The van der Waals surface area contributed by atoms with Crippen molar-refractivity contribution in [1.82, 2.24) is 10.2 Å². The molecule has 1 aliphatic rings. The van der Waals surface area contributed by atoms with Gasteiger partial charge in [-0.15, -0.1) is 0 Å². The predicted octanol–water partition coefficient (Wildman–Crippen LogP) is 1.77. The van der Waals surface area contributed by atoms with Gasteiger partial charge < -0.3 is 15.0 Å². The van der Waals surface area contributed by atoms with E-state index in [0.717, 1.165) is 12.8 Å². The van der Waals surface area contributed by atoms with Crippen molar-refractivity contribution in [2.75, 3.05) is 7.11 Å². The molecule has 1 aliphatic heterocycles. The molecule has 18 heavy (non-hydrogen) atoms. The monoisotopic (exact) mass is 256 g/mol. The normalized spacial score (nSPS) is 25.1. The zero-order valence-electron chi connectivity index (χ0n) is 11.9. The lowest BCUT2D eigenvalue weighted by Gasteiger charge is -2.32. The van der Waals surface area contributed by atoms with Gasteiger partial charge in [0.15, 0.2) is 0 Å². The van der Waals surface area contributed by atoms with Crippen LogP contribution in [0.25, 0.3) is 0 Å². The molecule has 0 aromatic carbocycles. The summed E-state index contributed by atoms with van der Waals surface area (Å²) in [6, 6.07) is -0.0261. The van der Waals surface area contributed by atoms with Crippen molar-refractivity contribution in [2.24, 2.45) is 5.92 Å². The van der Waals surface area contributed by atoms with E-state index >= 15 is 0 Å². The smallest absolute Gasteiger partial charge is 0.407 e. The van der Waals surface area contributed by atoms with Crippen LogP contribution in [0.5, 0.6) is 0 Å². The number of nitrogens with one attached hydrogen (secondary N) is 1. The summed E-state index contributed by atoms with van der Waals surface area (Å²) in [5.41, 5.74) is 0. The molecule has 0 bridgehead atoms. The van der Waals surface area contributed by atoms with Crippen LogP contribution in [0.3, 0.4) is 0 Å². The molecule has 0 aromatic heterocycles. The van der Waals surface area contributed by atoms with Crippen LogP contribution in [0.15, 0.2) is 0 Å². The SMILES string of the molecule is COC(=O)NC(C(=O)N1[C@H](C)CC[C@@H]1C)C(C)C. The minimum atomic E-state index is -0.554. The maximum atomic E-state index is 12.5. The van der Waals surface area contributed by atoms with Gasteiger partial charge in [-0.25, -0.2) is 4.79 Å². The Morgan fingerprint density at radius 3 is 2.11 bits per heavy atom. The summed E-state index contributed by atoms with van der Waals surface area (Å²) < 4.78 is 4.58. The fourth-order valence-electron chi connectivity index (χ4n) is 2.49. The second-order valence-electron chi connectivity index (χ2n) is 5.38. The molecule has 1 rings (SSSR count). The summed E-state index contributed by atoms with van der Waals surface area (Å²) in [7, 11) is 1.30. The maximum absolute atomic E-state index is 12.5. The molecule has 104 valence electrons. The first-order chi connectivity index (χ1) is 8.38. The Labute approximate surface area is 109 Å². The highest BCUT2D eigenvalue weighted by molar-refractivity contribution is 5.86. The van der Waals surface area contributed by atoms with E-state index in [1.165, 1.54) is 7.11 Å². The first-order valence-electron chi connectivity index (χ1n) is 6.55. The van der Waals surface area contributed by atoms with Gasteiger partial charge in [-0.05, 0) is 32.6 Å². The van der Waals surface area contributed by atoms with E-state index in [1.54, 1.807) is 0 Å². The van der Waals surface area contributed by atoms with Crippen molar-refractivity contribution >= 4 is 12.0 Å². The fourth-order valence-corrected chi connectivity index (χ4v) is 2.49. The fraction of sp³-hybridized carbons (Fsp3) is 0.846. The number of carbonyl (C=O) groups excluding carboxylic acids is 2. The summed E-state index contributed by atoms with van der Waals surface area (Å²) in [5.74, 6) is 0.0319. The highest BCUT2D eigenvalue weighted by Gasteiger charge is 2.37. The van der Waals surface area contributed by atoms with Crippen molar-refractivity contribution in [3.63, 3.8) is 0 Å². The molecule has 1 N–H and O–H groups in total. The van der Waals surface area contributed by atoms with Gasteiger partial charge in [-0.3, -0.25) is 4.79 Å². The van der Waals surface area contributed by atoms with Crippen molar-refractivity contribution in [1.29, 1.82) is 0 Å². The van der Waals surface area contributed by atoms with Crippen molar-refractivity contribution in [3.8, 4) is 0 Å². The molecule has 1 unspecified atom stereocenters. The second-order valence-corrected chi connectivity index (χ2v) is 5.38. The molecule has 0 radical (unpaired) electrons. The van der Waals surface area contributed by atoms with E-state index in [-0.39, 0.29) is 23.9 Å². The van der Waals surface area contributed by atoms with Gasteiger partial charge in [0.25, 0.3) is 0 Å². The number of alkyl carbamates (subject to hydrolysis) is 1. The zero-order valence-corrected chi connectivity index (χ0v) is 11.9. The molecule has 5 heteroatoms. The molecule has 1 saturated heterocycles. The zero-order chi connectivity index (χ0) is 13.9. The lowest BCUT2D eigenvalue weighted by atomic mass is 10.0. The van der Waals surface area contributed by atoms with E-state index in [9.17, 15) is 9.59 Å². The summed E-state index contributed by atoms with van der Waals surface area (Å²) in [5, 5.41) is 2.63. The first kappa shape index (κ1) is 14.8. The molecule has 1 fully saturated rings. The van der Waals surface area contributed by atoms with E-state index < -0.39 is 12.1 Å². The van der Waals surface area contributed by atoms with Gasteiger partial charge in [-0.2, -0.15) is 0 Å². The van der Waals surface area contributed by atoms with Crippen LogP contribution in [0.2, 0.25) is 0 Å². The molecule has 3 atom stereocenters. The Balaban J connectivity index is 2.79. The van der Waals surface area contributed by atoms with E-state index in [0.29, 0.717) is 0 Å². The third kappa shape index (κ3) is 3.15. The quantitative estimate of drug-likeness (QED) is 0.837. The first-order valence-corrected chi connectivity index (χ1v) is 6.55. The molecule has 0 aromatic rings. The lowest BCUT2D eigenvalue weighted by Crippen LogP contribution is -2.53. The van der Waals surface area contributed by atoms with Crippen LogP contribution >= 0.6 is 0 Å². The Bertz CT molecular complexity index is 307. The molecular weight excluding hydrogens is 232 g/mol. The van der Waals surface area contributed by atoms with Crippen LogP contribution in [0.1, 0.15) is 40.5 Å². The number of hydrogen-bond acceptors (Lipinski definition) is 3. The van der Waals surface area contributed by atoms with Crippen molar-refractivity contribution < 1.29 is 14.3 Å². The molecule has 5 nitrogen and oxygen atoms in total. The average molecular weight is 256 g/mol. The van der Waals surface area contributed by atoms with Crippen LogP contribution in [0, 0.1) is 5.92 Å². The lowest BCUT2D eigenvalue weighted by molar-refractivity contribution is -0.136. The van der Waals surface area contributed by atoms with Crippen LogP contribution in [-0.2, 0) is 9.53 Å². The summed E-state index contributed by atoms with van der Waals surface area (Å²) in [6.07, 6.45) is 1.49. The topological polar surface area (TPSA) is 58.6 Å². The number of hydrogen-bond donors (Lipinski definition) is 1. The van der Waals surface area contributed by atoms with E-state index in [1.807, 2.05) is 18.7 Å². The summed E-state index contributed by atoms with van der Waals surface area (Å²) >= 11 is 0. The molecule has 0 spiro atoms. The summed E-state index contributed by atoms with van der Waals surface area (Å²) in [4.78, 5) is 25.7. The summed E-state index contributed by atoms with van der Waals surface area (Å²) in [6.45, 7) is 7.95. The largest absolute Gasteiger partial charge is 0.453 e. The van der Waals surface area contributed by atoms with Crippen LogP contribution in [0.4, 0.5) is 4.79 Å². The Hall–Kier alpha value is -1.26. The van der Waals surface area contributed by atoms with Gasteiger partial charge >= 0.3 is 6.09 Å². The van der Waals surface area contributed by atoms with Gasteiger partial charge in [0, 0.05) is 12.1 Å².